The lowest BCUT2D eigenvalue weighted by molar-refractivity contribution is -0.138. The van der Waals surface area contributed by atoms with Crippen LogP contribution >= 0.6 is 27.7 Å². The van der Waals surface area contributed by atoms with Crippen molar-refractivity contribution in [2.24, 2.45) is 4.99 Å². The molecule has 0 atom stereocenters. The number of hydrogen-bond acceptors (Lipinski definition) is 6. The van der Waals surface area contributed by atoms with Gasteiger partial charge < -0.3 is 14.6 Å². The fraction of sp³-hybridized carbons (Fsp3) is 0.143. The third kappa shape index (κ3) is 6.24. The molecule has 178 valence electrons. The topological polar surface area (TPSA) is 68.1 Å². The number of aliphatic hydroxyl groups is 1. The monoisotopic (exact) mass is 549 g/mol. The van der Waals surface area contributed by atoms with E-state index >= 15 is 0 Å². The molecule has 0 radical (unpaired) electrons. The molecule has 1 aliphatic heterocycles. The highest BCUT2D eigenvalue weighted by Gasteiger charge is 2.33. The summed E-state index contributed by atoms with van der Waals surface area (Å²) in [6.45, 7) is 4.37. The molecule has 35 heavy (non-hydrogen) atoms. The molecule has 0 saturated heterocycles. The zero-order valence-electron chi connectivity index (χ0n) is 19.3. The summed E-state index contributed by atoms with van der Waals surface area (Å²) in [7, 11) is 0. The van der Waals surface area contributed by atoms with Crippen LogP contribution in [0.5, 0.6) is 5.75 Å². The van der Waals surface area contributed by atoms with Gasteiger partial charge in [0.2, 0.25) is 0 Å². The smallest absolute Gasteiger partial charge is 0.344 e. The summed E-state index contributed by atoms with van der Waals surface area (Å²) in [6.07, 6.45) is 1.79. The molecule has 4 rings (SSSR count). The highest BCUT2D eigenvalue weighted by Crippen LogP contribution is 2.41. The molecule has 0 aliphatic carbocycles. The second kappa shape index (κ2) is 11.4. The molecule has 0 aromatic heterocycles. The number of aryl methyl sites for hydroxylation is 1. The van der Waals surface area contributed by atoms with Crippen LogP contribution in [0.15, 0.2) is 98.5 Å². The predicted molar refractivity (Wildman–Crippen MR) is 145 cm³/mol. The van der Waals surface area contributed by atoms with Crippen LogP contribution in [-0.2, 0) is 16.1 Å². The van der Waals surface area contributed by atoms with Crippen molar-refractivity contribution >= 4 is 50.5 Å². The zero-order valence-corrected chi connectivity index (χ0v) is 21.7. The number of ether oxygens (including phenoxy) is 2. The number of aliphatic imine (C=N–C) groups is 1. The summed E-state index contributed by atoms with van der Waals surface area (Å²) in [5.41, 5.74) is 3.73. The van der Waals surface area contributed by atoms with Gasteiger partial charge in [0, 0.05) is 10.0 Å². The predicted octanol–water partition coefficient (Wildman–Crippen LogP) is 7.53. The van der Waals surface area contributed by atoms with Gasteiger partial charge in [0.05, 0.1) is 17.2 Å². The Morgan fingerprint density at radius 3 is 2.54 bits per heavy atom. The van der Waals surface area contributed by atoms with Crippen LogP contribution in [0.1, 0.15) is 23.6 Å². The molecule has 0 fully saturated rings. The number of thioether (sulfide) groups is 1. The average molecular weight is 550 g/mol. The van der Waals surface area contributed by atoms with E-state index in [0.29, 0.717) is 28.0 Å². The molecule has 0 amide bonds. The Balaban J connectivity index is 1.68. The molecule has 3 aromatic carbocycles. The van der Waals surface area contributed by atoms with E-state index in [1.165, 1.54) is 17.3 Å². The van der Waals surface area contributed by atoms with E-state index in [1.807, 2.05) is 79.7 Å². The first-order valence-corrected chi connectivity index (χ1v) is 12.7. The van der Waals surface area contributed by atoms with Crippen LogP contribution in [0.25, 0.3) is 6.08 Å². The van der Waals surface area contributed by atoms with E-state index in [2.05, 4.69) is 20.9 Å². The normalized spacial score (nSPS) is 15.6. The van der Waals surface area contributed by atoms with Gasteiger partial charge in [-0.2, -0.15) is 0 Å². The van der Waals surface area contributed by atoms with Gasteiger partial charge in [0.1, 0.15) is 28.7 Å². The van der Waals surface area contributed by atoms with Crippen molar-refractivity contribution in [2.75, 3.05) is 6.61 Å². The van der Waals surface area contributed by atoms with Gasteiger partial charge in [0.25, 0.3) is 0 Å². The molecule has 5 nitrogen and oxygen atoms in total. The number of carbonyl (C=O) groups excluding carboxylic acids is 1. The van der Waals surface area contributed by atoms with E-state index in [0.717, 1.165) is 15.6 Å². The van der Waals surface area contributed by atoms with E-state index in [9.17, 15) is 9.90 Å². The highest BCUT2D eigenvalue weighted by atomic mass is 79.9. The molecule has 1 aliphatic rings. The van der Waals surface area contributed by atoms with Crippen LogP contribution in [0, 0.1) is 6.92 Å². The van der Waals surface area contributed by atoms with Gasteiger partial charge in [0.15, 0.2) is 0 Å². The fourth-order valence-corrected chi connectivity index (χ4v) is 4.77. The Kier molecular flexibility index (Phi) is 8.10. The van der Waals surface area contributed by atoms with Crippen LogP contribution < -0.4 is 4.74 Å². The quantitative estimate of drug-likeness (QED) is 0.308. The SMILES string of the molecule is CCOC(=O)C1=C(O)/C(=C/c2cc(Br)ccc2OCc2ccc(C)cc2)SC1=Nc1ccccc1. The van der Waals surface area contributed by atoms with Gasteiger partial charge >= 0.3 is 5.97 Å². The van der Waals surface area contributed by atoms with E-state index in [-0.39, 0.29) is 17.9 Å². The average Bonchev–Trinajstić information content (AvgIpc) is 3.14. The van der Waals surface area contributed by atoms with E-state index in [4.69, 9.17) is 9.47 Å². The summed E-state index contributed by atoms with van der Waals surface area (Å²) >= 11 is 4.73. The van der Waals surface area contributed by atoms with Crippen LogP contribution in [0.3, 0.4) is 0 Å². The van der Waals surface area contributed by atoms with Crippen molar-refractivity contribution in [3.8, 4) is 5.75 Å². The lowest BCUT2D eigenvalue weighted by atomic mass is 10.1. The van der Waals surface area contributed by atoms with Crippen molar-refractivity contribution < 1.29 is 19.4 Å². The maximum absolute atomic E-state index is 12.7. The van der Waals surface area contributed by atoms with Crippen molar-refractivity contribution in [2.45, 2.75) is 20.5 Å². The van der Waals surface area contributed by atoms with E-state index in [1.54, 1.807) is 13.0 Å². The minimum atomic E-state index is -0.610. The Labute approximate surface area is 217 Å². The van der Waals surface area contributed by atoms with Crippen molar-refractivity contribution in [3.63, 3.8) is 0 Å². The number of esters is 1. The van der Waals surface area contributed by atoms with Crippen molar-refractivity contribution in [1.29, 1.82) is 0 Å². The van der Waals surface area contributed by atoms with Crippen LogP contribution in [-0.4, -0.2) is 22.7 Å². The molecule has 0 unspecified atom stereocenters. The molecular weight excluding hydrogens is 526 g/mol. The first-order valence-electron chi connectivity index (χ1n) is 11.1. The number of aliphatic hydroxyl groups excluding tert-OH is 1. The Morgan fingerprint density at radius 2 is 1.83 bits per heavy atom. The number of carbonyl (C=O) groups is 1. The minimum Gasteiger partial charge on any atom is -0.506 e. The second-order valence-corrected chi connectivity index (χ2v) is 9.71. The first-order chi connectivity index (χ1) is 16.9. The molecule has 3 aromatic rings. The van der Waals surface area contributed by atoms with Crippen LogP contribution in [0.4, 0.5) is 5.69 Å². The number of rotatable bonds is 7. The Bertz CT molecular complexity index is 1310. The molecule has 1 N–H and O–H groups in total. The third-order valence-corrected chi connectivity index (χ3v) is 6.64. The number of halogens is 1. The van der Waals surface area contributed by atoms with Gasteiger partial charge in [-0.1, -0.05) is 75.7 Å². The summed E-state index contributed by atoms with van der Waals surface area (Å²) < 4.78 is 12.2. The summed E-state index contributed by atoms with van der Waals surface area (Å²) in [4.78, 5) is 17.7. The summed E-state index contributed by atoms with van der Waals surface area (Å²) in [6, 6.07) is 23.1. The standard InChI is InChI=1S/C28H24BrNO4S/c1-3-33-28(32)25-26(31)24(35-27(25)30-22-7-5-4-6-8-22)16-20-15-21(29)13-14-23(20)34-17-19-11-9-18(2)10-12-19/h4-16,31H,3,17H2,1-2H3/b24-16-,30-27?. The molecule has 0 bridgehead atoms. The highest BCUT2D eigenvalue weighted by molar-refractivity contribution is 9.10. The maximum Gasteiger partial charge on any atom is 0.344 e. The van der Waals surface area contributed by atoms with Crippen molar-refractivity contribution in [3.05, 3.63) is 110 Å². The molecule has 7 heteroatoms. The Morgan fingerprint density at radius 1 is 1.09 bits per heavy atom. The van der Waals surface area contributed by atoms with Crippen molar-refractivity contribution in [1.82, 2.24) is 0 Å². The Hall–Kier alpha value is -3.29. The number of nitrogens with zero attached hydrogens (tertiary/aromatic N) is 1. The molecular formula is C28H24BrNO4S. The molecule has 0 spiro atoms. The zero-order chi connectivity index (χ0) is 24.8. The fourth-order valence-electron chi connectivity index (χ4n) is 3.36. The van der Waals surface area contributed by atoms with Crippen LogP contribution in [0.2, 0.25) is 0 Å². The lowest BCUT2D eigenvalue weighted by Crippen LogP contribution is -2.12. The lowest BCUT2D eigenvalue weighted by Gasteiger charge is -2.11. The van der Waals surface area contributed by atoms with Gasteiger partial charge in [-0.05, 0) is 55.8 Å². The van der Waals surface area contributed by atoms with E-state index < -0.39 is 5.97 Å². The molecule has 1 heterocycles. The molecule has 0 saturated carbocycles. The number of benzene rings is 3. The number of hydrogen-bond donors (Lipinski definition) is 1. The van der Waals surface area contributed by atoms with Gasteiger partial charge in [-0.25, -0.2) is 9.79 Å². The summed E-state index contributed by atoms with van der Waals surface area (Å²) in [5, 5.41) is 11.4. The second-order valence-electron chi connectivity index (χ2n) is 7.76. The van der Waals surface area contributed by atoms with Gasteiger partial charge in [-0.3, -0.25) is 0 Å². The van der Waals surface area contributed by atoms with Gasteiger partial charge in [-0.15, -0.1) is 0 Å². The minimum absolute atomic E-state index is 0.0593. The largest absolute Gasteiger partial charge is 0.506 e. The third-order valence-electron chi connectivity index (χ3n) is 5.13. The summed E-state index contributed by atoms with van der Waals surface area (Å²) in [5.74, 6) is -0.117. The first kappa shape index (κ1) is 24.8. The number of para-hydroxylation sites is 1. The maximum atomic E-state index is 12.7.